The molecule has 16 heteroatoms. The zero-order valence-corrected chi connectivity index (χ0v) is 35.9. The van der Waals surface area contributed by atoms with Gasteiger partial charge in [0, 0.05) is 54.3 Å². The van der Waals surface area contributed by atoms with Gasteiger partial charge in [-0.25, -0.2) is 4.79 Å². The van der Waals surface area contributed by atoms with Crippen LogP contribution >= 0.6 is 0 Å². The second-order valence-electron chi connectivity index (χ2n) is 16.2. The number of fused-ring (bicyclic) bond motifs is 1. The highest BCUT2D eigenvalue weighted by Gasteiger charge is 2.42. The summed E-state index contributed by atoms with van der Waals surface area (Å²) in [5.41, 5.74) is -0.262. The molecule has 6 aromatic rings. The molecule has 1 aliphatic rings. The van der Waals surface area contributed by atoms with E-state index in [-0.39, 0.29) is 66.7 Å². The second kappa shape index (κ2) is 21.5. The fourth-order valence-corrected chi connectivity index (χ4v) is 7.97. The molecule has 1 fully saturated rings. The molecule has 6 N–H and O–H groups in total. The number of amides is 1. The van der Waals surface area contributed by atoms with E-state index in [1.165, 1.54) is 42.0 Å². The number of phenols is 1. The molecule has 0 saturated carbocycles. The smallest absolute Gasteiger partial charge is 0.506 e. The van der Waals surface area contributed by atoms with E-state index < -0.39 is 41.3 Å². The summed E-state index contributed by atoms with van der Waals surface area (Å²) in [4.78, 5) is 43.5. The summed E-state index contributed by atoms with van der Waals surface area (Å²) in [5.74, 6) is -1.74. The molecule has 0 spiro atoms. The monoisotopic (exact) mass is 908 g/mol. The number of likely N-dealkylation sites (tertiary alicyclic amines) is 1. The average molecular weight is 909 g/mol. The molecule has 1 aromatic heterocycles. The number of aromatic amines is 1. The Labute approximate surface area is 378 Å². The van der Waals surface area contributed by atoms with Gasteiger partial charge in [0.15, 0.2) is 0 Å². The number of pyridine rings is 1. The van der Waals surface area contributed by atoms with E-state index in [2.05, 4.69) is 37.4 Å². The predicted octanol–water partition coefficient (Wildman–Crippen LogP) is 6.85. The van der Waals surface area contributed by atoms with Crippen LogP contribution in [0.15, 0.2) is 132 Å². The molecule has 5 aromatic carbocycles. The number of H-pyrrole nitrogens is 1. The van der Waals surface area contributed by atoms with E-state index in [0.717, 1.165) is 38.5 Å². The normalized spacial score (nSPS) is 14.9. The number of hydrogen-bond acceptors (Lipinski definition) is 11. The molecule has 0 bridgehead atoms. The number of aromatic hydroxyl groups is 1. The number of rotatable bonds is 19. The Bertz CT molecular complexity index is 2640. The fraction of sp³-hybridized carbons (Fsp3) is 0.300. The first-order chi connectivity index (χ1) is 31.8. The first kappa shape index (κ1) is 47.2. The number of ether oxygens (including phenoxy) is 3. The van der Waals surface area contributed by atoms with Crippen molar-refractivity contribution in [2.75, 3.05) is 39.4 Å². The molecule has 346 valence electrons. The van der Waals surface area contributed by atoms with Gasteiger partial charge in [-0.15, -0.1) is 13.2 Å². The molecule has 1 saturated heterocycles. The van der Waals surface area contributed by atoms with Crippen LogP contribution in [0.4, 0.5) is 13.2 Å². The maximum Gasteiger partial charge on any atom is 0.573 e. The third-order valence-electron chi connectivity index (χ3n) is 11.5. The summed E-state index contributed by atoms with van der Waals surface area (Å²) >= 11 is 0. The molecule has 13 nitrogen and oxygen atoms in total. The quantitative estimate of drug-likeness (QED) is 0.0370. The Kier molecular flexibility index (Phi) is 15.4. The van der Waals surface area contributed by atoms with E-state index in [0.29, 0.717) is 28.7 Å². The Morgan fingerprint density at radius 3 is 2.33 bits per heavy atom. The van der Waals surface area contributed by atoms with Gasteiger partial charge in [-0.2, -0.15) is 0 Å². The van der Waals surface area contributed by atoms with Crippen molar-refractivity contribution in [3.63, 3.8) is 0 Å². The zero-order valence-electron chi connectivity index (χ0n) is 35.9. The minimum Gasteiger partial charge on any atom is -0.506 e. The molecule has 66 heavy (non-hydrogen) atoms. The molecule has 1 aliphatic heterocycles. The van der Waals surface area contributed by atoms with Gasteiger partial charge < -0.3 is 45.1 Å². The number of carbonyl (C=O) groups is 2. The lowest BCUT2D eigenvalue weighted by atomic mass is 9.86. The number of benzene rings is 5. The lowest BCUT2D eigenvalue weighted by molar-refractivity contribution is -0.274. The fourth-order valence-electron chi connectivity index (χ4n) is 7.97. The number of phenolic OH excluding ortho intramolecular Hbond substituents is 1. The van der Waals surface area contributed by atoms with E-state index in [4.69, 9.17) is 9.47 Å². The summed E-state index contributed by atoms with van der Waals surface area (Å²) in [5, 5.41) is 39.1. The highest BCUT2D eigenvalue weighted by Crippen LogP contribution is 2.35. The summed E-state index contributed by atoms with van der Waals surface area (Å²) in [6.45, 7) is 2.69. The van der Waals surface area contributed by atoms with Crippen LogP contribution in [0.5, 0.6) is 17.2 Å². The number of nitrogens with one attached hydrogen (secondary N) is 3. The third-order valence-corrected chi connectivity index (χ3v) is 11.5. The van der Waals surface area contributed by atoms with Gasteiger partial charge in [0.1, 0.15) is 17.2 Å². The van der Waals surface area contributed by atoms with Crippen LogP contribution in [0.2, 0.25) is 0 Å². The van der Waals surface area contributed by atoms with Crippen molar-refractivity contribution < 1.29 is 52.3 Å². The lowest BCUT2D eigenvalue weighted by Gasteiger charge is -2.33. The number of hydrogen-bond donors (Lipinski definition) is 6. The predicted molar refractivity (Wildman–Crippen MR) is 240 cm³/mol. The Morgan fingerprint density at radius 1 is 0.864 bits per heavy atom. The van der Waals surface area contributed by atoms with Crippen LogP contribution in [0.25, 0.3) is 10.9 Å². The van der Waals surface area contributed by atoms with Gasteiger partial charge in [-0.1, -0.05) is 84.9 Å². The van der Waals surface area contributed by atoms with E-state index in [1.807, 2.05) is 18.2 Å². The largest absolute Gasteiger partial charge is 0.573 e. The van der Waals surface area contributed by atoms with Crippen LogP contribution in [-0.4, -0.2) is 82.8 Å². The molecule has 7 rings (SSSR count). The van der Waals surface area contributed by atoms with Crippen molar-refractivity contribution in [3.05, 3.63) is 171 Å². The van der Waals surface area contributed by atoms with Gasteiger partial charge in [-0.05, 0) is 91.4 Å². The van der Waals surface area contributed by atoms with Crippen molar-refractivity contribution in [2.45, 2.75) is 50.4 Å². The SMILES string of the molecule is O=C(NCCCOc1cccc([C@](O)(C(=O)OCC2CCN(Cc3ccccc3)CC2)c2ccccc2)c1)c1ccc(CNC[C@H](O)c2ccc(O)c3[nH]c(=O)ccc23)c(OC(F)(F)F)c1. The molecule has 2 atom stereocenters. The number of aliphatic hydroxyl groups excluding tert-OH is 1. The minimum absolute atomic E-state index is 0.0643. The molecule has 1 amide bonds. The zero-order chi connectivity index (χ0) is 46.7. The number of nitrogens with zero attached hydrogens (tertiary/aromatic N) is 1. The van der Waals surface area contributed by atoms with Crippen molar-refractivity contribution in [1.82, 2.24) is 20.5 Å². The van der Waals surface area contributed by atoms with Crippen molar-refractivity contribution in [1.29, 1.82) is 0 Å². The highest BCUT2D eigenvalue weighted by atomic mass is 19.4. The van der Waals surface area contributed by atoms with Crippen LogP contribution in [0.1, 0.15) is 63.5 Å². The molecular formula is C50H51F3N4O9. The number of aromatic nitrogens is 1. The summed E-state index contributed by atoms with van der Waals surface area (Å²) in [7, 11) is 0. The van der Waals surface area contributed by atoms with Crippen molar-refractivity contribution in [3.8, 4) is 17.2 Å². The number of halogens is 3. The third kappa shape index (κ3) is 12.1. The minimum atomic E-state index is -5.06. The Hall–Kier alpha value is -6.72. The van der Waals surface area contributed by atoms with Gasteiger partial charge >= 0.3 is 12.3 Å². The lowest BCUT2D eigenvalue weighted by Crippen LogP contribution is -2.40. The maximum absolute atomic E-state index is 13.8. The summed E-state index contributed by atoms with van der Waals surface area (Å²) in [6, 6.07) is 34.4. The highest BCUT2D eigenvalue weighted by molar-refractivity contribution is 5.94. The van der Waals surface area contributed by atoms with Crippen LogP contribution in [0.3, 0.4) is 0 Å². The van der Waals surface area contributed by atoms with Gasteiger partial charge in [0.25, 0.3) is 5.91 Å². The Morgan fingerprint density at radius 2 is 1.59 bits per heavy atom. The van der Waals surface area contributed by atoms with E-state index >= 15 is 0 Å². The number of esters is 1. The first-order valence-electron chi connectivity index (χ1n) is 21.6. The molecule has 0 unspecified atom stereocenters. The van der Waals surface area contributed by atoms with Crippen LogP contribution < -0.4 is 25.7 Å². The maximum atomic E-state index is 13.8. The van der Waals surface area contributed by atoms with Gasteiger partial charge in [0.2, 0.25) is 11.2 Å². The topological polar surface area (TPSA) is 183 Å². The number of carbonyl (C=O) groups excluding carboxylic acids is 2. The number of piperidine rings is 1. The Balaban J connectivity index is 0.909. The average Bonchev–Trinajstić information content (AvgIpc) is 3.31. The molecule has 0 radical (unpaired) electrons. The van der Waals surface area contributed by atoms with Crippen LogP contribution in [-0.2, 0) is 28.2 Å². The number of aliphatic hydroxyl groups is 2. The number of alkyl halides is 3. The van der Waals surface area contributed by atoms with E-state index in [1.54, 1.807) is 54.6 Å². The van der Waals surface area contributed by atoms with Gasteiger partial charge in [-0.3, -0.25) is 14.5 Å². The first-order valence-corrected chi connectivity index (χ1v) is 21.6. The molecule has 2 heterocycles. The standard InChI is InChI=1S/C50H51F3N4O9/c51-50(52,53)66-44-27-35(15-16-36(44)29-54-30-43(59)40-17-19-42(58)46-41(40)18-20-45(60)56-46)47(61)55-23-8-26-64-39-14-7-13-38(28-39)49(63,37-11-5-2-6-12-37)48(62)65-32-34-21-24-57(25-22-34)31-33-9-3-1-4-10-33/h1-7,9-20,27-28,34,43,54,58-59,63H,8,21-26,29-32H2,(H,55,61)(H,56,60)/t43-,49-/m0/s1. The van der Waals surface area contributed by atoms with Crippen molar-refractivity contribution >= 4 is 22.8 Å². The van der Waals surface area contributed by atoms with E-state index in [9.17, 15) is 42.9 Å². The van der Waals surface area contributed by atoms with Gasteiger partial charge in [0.05, 0.1) is 24.8 Å². The van der Waals surface area contributed by atoms with Crippen molar-refractivity contribution in [2.24, 2.45) is 5.92 Å². The summed E-state index contributed by atoms with van der Waals surface area (Å²) in [6.07, 6.45) is -4.22. The molecule has 0 aliphatic carbocycles. The van der Waals surface area contributed by atoms with Crippen LogP contribution in [0, 0.1) is 5.92 Å². The second-order valence-corrected chi connectivity index (χ2v) is 16.2. The summed E-state index contributed by atoms with van der Waals surface area (Å²) < 4.78 is 56.4. The molecular weight excluding hydrogens is 858 g/mol.